The van der Waals surface area contributed by atoms with Crippen LogP contribution in [0, 0.1) is 0 Å². The van der Waals surface area contributed by atoms with Crippen LogP contribution < -0.4 is 5.19 Å². The molecule has 1 aliphatic carbocycles. The summed E-state index contributed by atoms with van der Waals surface area (Å²) in [5.41, 5.74) is 9.43. The van der Waals surface area contributed by atoms with E-state index in [-0.39, 0.29) is 5.41 Å². The summed E-state index contributed by atoms with van der Waals surface area (Å²) in [5.74, 6) is 0. The van der Waals surface area contributed by atoms with Crippen molar-refractivity contribution in [2.45, 2.75) is 38.9 Å². The molecule has 1 aliphatic rings. The van der Waals surface area contributed by atoms with Crippen LogP contribution in [-0.2, 0) is 5.41 Å². The summed E-state index contributed by atoms with van der Waals surface area (Å²) in [7, 11) is -1.49. The summed E-state index contributed by atoms with van der Waals surface area (Å²) in [4.78, 5) is 0. The molecule has 5 aromatic carbocycles. The minimum atomic E-state index is -1.49. The first kappa shape index (κ1) is 23.2. The van der Waals surface area contributed by atoms with Crippen LogP contribution in [0.2, 0.25) is 19.6 Å². The van der Waals surface area contributed by atoms with Gasteiger partial charge in [0.2, 0.25) is 0 Å². The van der Waals surface area contributed by atoms with E-state index in [9.17, 15) is 0 Å². The van der Waals surface area contributed by atoms with Crippen molar-refractivity contribution in [2.24, 2.45) is 0 Å². The minimum Gasteiger partial charge on any atom is -0.308 e. The maximum absolute atomic E-state index is 2.54. The van der Waals surface area contributed by atoms with Gasteiger partial charge in [0.15, 0.2) is 0 Å². The second kappa shape index (κ2) is 7.71. The van der Waals surface area contributed by atoms with Gasteiger partial charge in [-0.3, -0.25) is 0 Å². The lowest BCUT2D eigenvalue weighted by atomic mass is 9.82. The molecule has 0 fully saturated rings. The summed E-state index contributed by atoms with van der Waals surface area (Å²) in [5, 5.41) is 6.98. The third kappa shape index (κ3) is 3.06. The minimum absolute atomic E-state index is 0.0305. The van der Waals surface area contributed by atoms with Crippen molar-refractivity contribution in [3.05, 3.63) is 108 Å². The second-order valence-electron chi connectivity index (χ2n) is 12.6. The molecule has 3 heteroatoms. The highest BCUT2D eigenvalue weighted by atomic mass is 32.1. The highest BCUT2D eigenvalue weighted by molar-refractivity contribution is 7.28. The molecule has 2 aromatic heterocycles. The molecular weight excluding hydrogens is 507 g/mol. The monoisotopic (exact) mass is 537 g/mol. The van der Waals surface area contributed by atoms with Crippen LogP contribution in [-0.4, -0.2) is 12.6 Å². The molecule has 0 amide bonds. The first-order valence-corrected chi connectivity index (χ1v) is 18.2. The van der Waals surface area contributed by atoms with Gasteiger partial charge in [-0.05, 0) is 51.7 Å². The van der Waals surface area contributed by atoms with Crippen molar-refractivity contribution in [3.8, 4) is 16.8 Å². The zero-order chi connectivity index (χ0) is 26.7. The van der Waals surface area contributed by atoms with Crippen LogP contribution in [0.4, 0.5) is 0 Å². The van der Waals surface area contributed by atoms with Gasteiger partial charge in [0.05, 0.1) is 29.5 Å². The van der Waals surface area contributed by atoms with Gasteiger partial charge in [0.1, 0.15) is 0 Å². The van der Waals surface area contributed by atoms with Gasteiger partial charge >= 0.3 is 0 Å². The van der Waals surface area contributed by atoms with Crippen molar-refractivity contribution in [3.63, 3.8) is 0 Å². The van der Waals surface area contributed by atoms with Crippen LogP contribution in [0.3, 0.4) is 0 Å². The average molecular weight is 538 g/mol. The normalized spacial score (nSPS) is 14.5. The van der Waals surface area contributed by atoms with E-state index >= 15 is 0 Å². The molecule has 8 rings (SSSR count). The first-order chi connectivity index (χ1) is 18.7. The van der Waals surface area contributed by atoms with Gasteiger partial charge in [-0.1, -0.05) is 106 Å². The standard InChI is InChI=1S/C36H31NSSi/c1-36(2)28-16-8-6-12-22(28)26-20-27-23-13-7-9-17-30(23)37(32(27)21-29(26)36)31-18-10-14-24-25-15-11-19-33(39(3,4)5)35(25)38-34(24)31/h6-21H,1-5H3. The molecule has 1 nitrogen and oxygen atoms in total. The molecule has 0 spiro atoms. The van der Waals surface area contributed by atoms with E-state index in [1.54, 1.807) is 5.19 Å². The van der Waals surface area contributed by atoms with Gasteiger partial charge in [-0.2, -0.15) is 0 Å². The zero-order valence-electron chi connectivity index (χ0n) is 23.1. The number of aromatic nitrogens is 1. The molecule has 0 aliphatic heterocycles. The molecular formula is C36H31NSSi. The Morgan fingerprint density at radius 3 is 2.10 bits per heavy atom. The summed E-state index contributed by atoms with van der Waals surface area (Å²) >= 11 is 1.99. The topological polar surface area (TPSA) is 4.93 Å². The summed E-state index contributed by atoms with van der Waals surface area (Å²) in [6.45, 7) is 12.1. The molecule has 0 N–H and O–H groups in total. The number of hydrogen-bond acceptors (Lipinski definition) is 1. The lowest BCUT2D eigenvalue weighted by Crippen LogP contribution is -2.37. The molecule has 0 radical (unpaired) electrons. The van der Waals surface area contributed by atoms with Gasteiger partial charge < -0.3 is 4.57 Å². The Hall–Kier alpha value is -3.66. The van der Waals surface area contributed by atoms with Crippen LogP contribution in [0.5, 0.6) is 0 Å². The number of benzene rings is 5. The van der Waals surface area contributed by atoms with E-state index in [1.807, 2.05) is 11.3 Å². The third-order valence-corrected chi connectivity index (χ3v) is 12.4. The highest BCUT2D eigenvalue weighted by Crippen LogP contribution is 2.51. The van der Waals surface area contributed by atoms with Crippen LogP contribution in [0.1, 0.15) is 25.0 Å². The molecule has 0 unspecified atom stereocenters. The van der Waals surface area contributed by atoms with Crippen molar-refractivity contribution < 1.29 is 0 Å². The summed E-state index contributed by atoms with van der Waals surface area (Å²) < 4.78 is 5.39. The summed E-state index contributed by atoms with van der Waals surface area (Å²) in [6.07, 6.45) is 0. The first-order valence-electron chi connectivity index (χ1n) is 13.9. The van der Waals surface area contributed by atoms with Crippen molar-refractivity contribution >= 4 is 66.6 Å². The smallest absolute Gasteiger partial charge is 0.0794 e. The molecule has 2 heterocycles. The van der Waals surface area contributed by atoms with Gasteiger partial charge in [-0.15, -0.1) is 11.3 Å². The predicted octanol–water partition coefficient (Wildman–Crippen LogP) is 10.0. The van der Waals surface area contributed by atoms with Crippen LogP contribution >= 0.6 is 11.3 Å². The number of para-hydroxylation sites is 1. The van der Waals surface area contributed by atoms with Crippen molar-refractivity contribution in [1.29, 1.82) is 0 Å². The SMILES string of the molecule is CC1(C)c2ccccc2-c2cc3c4ccccc4n(-c4cccc5c4sc4c([Si](C)(C)C)cccc45)c3cc21. The van der Waals surface area contributed by atoms with Crippen molar-refractivity contribution in [1.82, 2.24) is 4.57 Å². The predicted molar refractivity (Wildman–Crippen MR) is 174 cm³/mol. The van der Waals surface area contributed by atoms with E-state index < -0.39 is 8.07 Å². The Kier molecular flexibility index (Phi) is 4.60. The van der Waals surface area contributed by atoms with E-state index in [1.165, 1.54) is 69.9 Å². The van der Waals surface area contributed by atoms with Crippen molar-refractivity contribution in [2.75, 3.05) is 0 Å². The Balaban J connectivity index is 1.51. The maximum Gasteiger partial charge on any atom is 0.0794 e. The van der Waals surface area contributed by atoms with Gasteiger partial charge in [-0.25, -0.2) is 0 Å². The molecule has 0 bridgehead atoms. The highest BCUT2D eigenvalue weighted by Gasteiger charge is 2.36. The largest absolute Gasteiger partial charge is 0.308 e. The lowest BCUT2D eigenvalue weighted by molar-refractivity contribution is 0.661. The Bertz CT molecular complexity index is 2130. The fraction of sp³-hybridized carbons (Fsp3) is 0.167. The number of rotatable bonds is 2. The molecule has 0 atom stereocenters. The fourth-order valence-corrected chi connectivity index (χ4v) is 10.7. The quantitative estimate of drug-likeness (QED) is 0.193. The lowest BCUT2D eigenvalue weighted by Gasteiger charge is -2.21. The Labute approximate surface area is 234 Å². The molecule has 7 aromatic rings. The Morgan fingerprint density at radius 1 is 0.590 bits per heavy atom. The third-order valence-electron chi connectivity index (χ3n) is 8.93. The van der Waals surface area contributed by atoms with Crippen LogP contribution in [0.25, 0.3) is 58.8 Å². The van der Waals surface area contributed by atoms with Gasteiger partial charge in [0, 0.05) is 31.7 Å². The number of thiophene rings is 1. The summed E-state index contributed by atoms with van der Waals surface area (Å²) in [6, 6.07) is 36.7. The van der Waals surface area contributed by atoms with E-state index in [2.05, 4.69) is 135 Å². The average Bonchev–Trinajstić information content (AvgIpc) is 3.54. The van der Waals surface area contributed by atoms with E-state index in [0.717, 1.165) is 0 Å². The number of fused-ring (bicyclic) bond motifs is 9. The second-order valence-corrected chi connectivity index (χ2v) is 18.7. The molecule has 39 heavy (non-hydrogen) atoms. The van der Waals surface area contributed by atoms with E-state index in [4.69, 9.17) is 0 Å². The van der Waals surface area contributed by atoms with Gasteiger partial charge in [0.25, 0.3) is 0 Å². The molecule has 0 saturated carbocycles. The Morgan fingerprint density at radius 2 is 1.28 bits per heavy atom. The zero-order valence-corrected chi connectivity index (χ0v) is 24.9. The maximum atomic E-state index is 2.54. The molecule has 0 saturated heterocycles. The number of hydrogen-bond donors (Lipinski definition) is 0. The molecule has 190 valence electrons. The van der Waals surface area contributed by atoms with E-state index in [0.29, 0.717) is 0 Å². The van der Waals surface area contributed by atoms with Crippen LogP contribution in [0.15, 0.2) is 97.1 Å². The fourth-order valence-electron chi connectivity index (χ4n) is 6.99. The number of nitrogens with zero attached hydrogens (tertiary/aromatic N) is 1.